The minimum Gasteiger partial charge on any atom is -0.492 e. The fourth-order valence-corrected chi connectivity index (χ4v) is 2.42. The van der Waals surface area contributed by atoms with Gasteiger partial charge in [0, 0.05) is 30.3 Å². The number of hydrogen-bond acceptors (Lipinski definition) is 4. The van der Waals surface area contributed by atoms with Crippen LogP contribution in [0.1, 0.15) is 18.4 Å². The van der Waals surface area contributed by atoms with Crippen LogP contribution in [0.5, 0.6) is 17.2 Å². The summed E-state index contributed by atoms with van der Waals surface area (Å²) >= 11 is 0. The summed E-state index contributed by atoms with van der Waals surface area (Å²) < 4.78 is 17.0. The van der Waals surface area contributed by atoms with Crippen LogP contribution in [-0.4, -0.2) is 26.9 Å². The lowest BCUT2D eigenvalue weighted by atomic mass is 10.0. The van der Waals surface area contributed by atoms with Gasteiger partial charge in [-0.1, -0.05) is 0 Å². The van der Waals surface area contributed by atoms with Crippen molar-refractivity contribution in [2.75, 3.05) is 32.2 Å². The molecule has 0 amide bonds. The average Bonchev–Trinajstić information content (AvgIpc) is 2.60. The molecule has 0 saturated heterocycles. The zero-order valence-electron chi connectivity index (χ0n) is 10.0. The second-order valence-electron chi connectivity index (χ2n) is 4.34. The molecule has 92 valence electrons. The van der Waals surface area contributed by atoms with E-state index >= 15 is 0 Å². The summed E-state index contributed by atoms with van der Waals surface area (Å²) in [6, 6.07) is 2.04. The summed E-state index contributed by atoms with van der Waals surface area (Å²) in [5, 5.41) is 3.39. The van der Waals surface area contributed by atoms with E-state index in [4.69, 9.17) is 14.2 Å². The van der Waals surface area contributed by atoms with E-state index < -0.39 is 0 Å². The van der Waals surface area contributed by atoms with Crippen molar-refractivity contribution < 1.29 is 14.2 Å². The molecule has 2 aliphatic heterocycles. The Morgan fingerprint density at radius 2 is 2.12 bits per heavy atom. The van der Waals surface area contributed by atoms with Crippen LogP contribution < -0.4 is 19.5 Å². The molecule has 2 heterocycles. The topological polar surface area (TPSA) is 39.7 Å². The first-order valence-corrected chi connectivity index (χ1v) is 6.13. The van der Waals surface area contributed by atoms with Crippen LogP contribution in [0.3, 0.4) is 0 Å². The molecule has 0 aliphatic carbocycles. The van der Waals surface area contributed by atoms with Gasteiger partial charge in [0.2, 0.25) is 5.75 Å². The predicted octanol–water partition coefficient (Wildman–Crippen LogP) is 2.21. The van der Waals surface area contributed by atoms with Crippen LogP contribution >= 0.6 is 0 Å². The lowest BCUT2D eigenvalue weighted by Gasteiger charge is -2.23. The lowest BCUT2D eigenvalue weighted by molar-refractivity contribution is 0.288. The molecule has 0 saturated carbocycles. The van der Waals surface area contributed by atoms with E-state index in [9.17, 15) is 0 Å². The number of hydrogen-bond donors (Lipinski definition) is 1. The van der Waals surface area contributed by atoms with Crippen LogP contribution in [0.25, 0.3) is 0 Å². The molecule has 0 radical (unpaired) electrons. The van der Waals surface area contributed by atoms with Gasteiger partial charge in [0.05, 0.1) is 20.3 Å². The monoisotopic (exact) mass is 235 g/mol. The molecule has 2 aliphatic rings. The Kier molecular flexibility index (Phi) is 2.71. The molecule has 1 aromatic carbocycles. The van der Waals surface area contributed by atoms with Gasteiger partial charge in [0.25, 0.3) is 0 Å². The number of fused-ring (bicyclic) bond motifs is 2. The first-order valence-electron chi connectivity index (χ1n) is 6.13. The molecule has 3 rings (SSSR count). The number of methoxy groups -OCH3 is 1. The van der Waals surface area contributed by atoms with Crippen LogP contribution in [0.4, 0.5) is 5.69 Å². The van der Waals surface area contributed by atoms with Crippen molar-refractivity contribution in [2.45, 2.75) is 19.3 Å². The number of benzene rings is 1. The van der Waals surface area contributed by atoms with Crippen molar-refractivity contribution in [1.82, 2.24) is 0 Å². The highest BCUT2D eigenvalue weighted by atomic mass is 16.5. The molecule has 0 aromatic heterocycles. The van der Waals surface area contributed by atoms with Gasteiger partial charge in [0.15, 0.2) is 11.5 Å². The van der Waals surface area contributed by atoms with Gasteiger partial charge < -0.3 is 19.5 Å². The summed E-state index contributed by atoms with van der Waals surface area (Å²) in [5.41, 5.74) is 2.33. The number of ether oxygens (including phenoxy) is 3. The molecule has 0 bridgehead atoms. The normalized spacial score (nSPS) is 17.7. The van der Waals surface area contributed by atoms with Crippen molar-refractivity contribution in [2.24, 2.45) is 0 Å². The summed E-state index contributed by atoms with van der Waals surface area (Å²) in [5.74, 6) is 2.41. The second-order valence-corrected chi connectivity index (χ2v) is 4.34. The van der Waals surface area contributed by atoms with Crippen LogP contribution in [0.2, 0.25) is 0 Å². The maximum absolute atomic E-state index is 5.76. The van der Waals surface area contributed by atoms with Gasteiger partial charge in [0.1, 0.15) is 0 Å². The summed E-state index contributed by atoms with van der Waals surface area (Å²) in [6.45, 7) is 2.40. The molecule has 0 spiro atoms. The van der Waals surface area contributed by atoms with Crippen molar-refractivity contribution in [3.63, 3.8) is 0 Å². The zero-order valence-corrected chi connectivity index (χ0v) is 10.0. The molecule has 0 unspecified atom stereocenters. The van der Waals surface area contributed by atoms with Crippen molar-refractivity contribution in [3.8, 4) is 17.2 Å². The Bertz CT molecular complexity index is 431. The molecule has 1 aromatic rings. The standard InChI is InChI=1S/C13H17NO3/c1-15-12-9-4-2-5-14-10(9)8-11-13(12)17-7-3-6-16-11/h8,14H,2-7H2,1H3. The SMILES string of the molecule is COc1c2c(cc3c1OCCCO3)NCCC2. The smallest absolute Gasteiger partial charge is 0.204 e. The largest absolute Gasteiger partial charge is 0.492 e. The second kappa shape index (κ2) is 4.35. The van der Waals surface area contributed by atoms with E-state index in [0.29, 0.717) is 13.2 Å². The van der Waals surface area contributed by atoms with Crippen LogP contribution in [0.15, 0.2) is 6.07 Å². The third-order valence-electron chi connectivity index (χ3n) is 3.22. The Labute approximate surface area is 101 Å². The Hall–Kier alpha value is -1.58. The van der Waals surface area contributed by atoms with E-state index in [1.54, 1.807) is 7.11 Å². The van der Waals surface area contributed by atoms with Gasteiger partial charge in [-0.25, -0.2) is 0 Å². The molecular formula is C13H17NO3. The summed E-state index contributed by atoms with van der Waals surface area (Å²) in [7, 11) is 1.69. The maximum atomic E-state index is 5.76. The highest BCUT2D eigenvalue weighted by Crippen LogP contribution is 2.46. The van der Waals surface area contributed by atoms with E-state index in [2.05, 4.69) is 5.32 Å². The molecule has 17 heavy (non-hydrogen) atoms. The quantitative estimate of drug-likeness (QED) is 0.810. The summed E-state index contributed by atoms with van der Waals surface area (Å²) in [6.07, 6.45) is 3.07. The summed E-state index contributed by atoms with van der Waals surface area (Å²) in [4.78, 5) is 0. The lowest BCUT2D eigenvalue weighted by Crippen LogP contribution is -2.13. The van der Waals surface area contributed by atoms with E-state index in [1.165, 1.54) is 5.56 Å². The molecule has 0 fully saturated rings. The third-order valence-corrected chi connectivity index (χ3v) is 3.22. The van der Waals surface area contributed by atoms with Crippen molar-refractivity contribution in [1.29, 1.82) is 0 Å². The number of rotatable bonds is 1. The minimum atomic E-state index is 0.690. The average molecular weight is 235 g/mol. The Balaban J connectivity index is 2.14. The predicted molar refractivity (Wildman–Crippen MR) is 65.4 cm³/mol. The zero-order chi connectivity index (χ0) is 11.7. The van der Waals surface area contributed by atoms with Gasteiger partial charge >= 0.3 is 0 Å². The Morgan fingerprint density at radius 3 is 3.00 bits per heavy atom. The van der Waals surface area contributed by atoms with E-state index in [-0.39, 0.29) is 0 Å². The fourth-order valence-electron chi connectivity index (χ4n) is 2.42. The van der Waals surface area contributed by atoms with E-state index in [0.717, 1.165) is 48.7 Å². The molecule has 4 nitrogen and oxygen atoms in total. The highest BCUT2D eigenvalue weighted by Gasteiger charge is 2.24. The third kappa shape index (κ3) is 1.77. The van der Waals surface area contributed by atoms with Gasteiger partial charge in [-0.05, 0) is 12.8 Å². The van der Waals surface area contributed by atoms with Crippen molar-refractivity contribution in [3.05, 3.63) is 11.6 Å². The fraction of sp³-hybridized carbons (Fsp3) is 0.538. The number of nitrogens with one attached hydrogen (secondary N) is 1. The first kappa shape index (κ1) is 10.6. The highest BCUT2D eigenvalue weighted by molar-refractivity contribution is 5.69. The van der Waals surface area contributed by atoms with Gasteiger partial charge in [-0.2, -0.15) is 0 Å². The van der Waals surface area contributed by atoms with Gasteiger partial charge in [-0.3, -0.25) is 0 Å². The molecule has 4 heteroatoms. The Morgan fingerprint density at radius 1 is 1.24 bits per heavy atom. The van der Waals surface area contributed by atoms with Gasteiger partial charge in [-0.15, -0.1) is 0 Å². The van der Waals surface area contributed by atoms with Crippen LogP contribution in [0, 0.1) is 0 Å². The van der Waals surface area contributed by atoms with Crippen molar-refractivity contribution >= 4 is 5.69 Å². The van der Waals surface area contributed by atoms with E-state index in [1.807, 2.05) is 6.07 Å². The maximum Gasteiger partial charge on any atom is 0.204 e. The molecular weight excluding hydrogens is 218 g/mol. The van der Waals surface area contributed by atoms with Crippen LogP contribution in [-0.2, 0) is 6.42 Å². The molecule has 1 N–H and O–H groups in total. The minimum absolute atomic E-state index is 0.690. The number of anilines is 1. The first-order chi connectivity index (χ1) is 8.40. The molecule has 0 atom stereocenters.